The Balaban J connectivity index is 1.84. The Labute approximate surface area is 192 Å². The molecule has 0 aliphatic rings. The second-order valence-corrected chi connectivity index (χ2v) is 7.52. The highest BCUT2D eigenvalue weighted by Crippen LogP contribution is 2.38. The van der Waals surface area contributed by atoms with Crippen molar-refractivity contribution in [1.29, 1.82) is 0 Å². The molecule has 0 fully saturated rings. The lowest BCUT2D eigenvalue weighted by molar-refractivity contribution is -0.137. The van der Waals surface area contributed by atoms with Crippen LogP contribution in [0.4, 0.5) is 18.9 Å². The highest BCUT2D eigenvalue weighted by molar-refractivity contribution is 6.13. The summed E-state index contributed by atoms with van der Waals surface area (Å²) in [6.07, 6.45) is -4.61. The minimum absolute atomic E-state index is 0.0406. The summed E-state index contributed by atoms with van der Waals surface area (Å²) in [7, 11) is 2.97. The normalized spacial score (nSPS) is 11.5. The van der Waals surface area contributed by atoms with Crippen LogP contribution in [0, 0.1) is 13.8 Å². The summed E-state index contributed by atoms with van der Waals surface area (Å²) in [6.45, 7) is 3.39. The van der Waals surface area contributed by atoms with Crippen molar-refractivity contribution in [3.05, 3.63) is 64.8 Å². The Bertz CT molecular complexity index is 1400. The summed E-state index contributed by atoms with van der Waals surface area (Å²) in [5.41, 5.74) is 0.437. The van der Waals surface area contributed by atoms with Crippen LogP contribution >= 0.6 is 0 Å². The number of aryl methyl sites for hydroxylation is 2. The molecule has 0 bridgehead atoms. The van der Waals surface area contributed by atoms with Crippen molar-refractivity contribution in [2.24, 2.45) is 0 Å². The van der Waals surface area contributed by atoms with E-state index in [1.165, 1.54) is 38.5 Å². The largest absolute Gasteiger partial charge is 0.493 e. The number of halogens is 3. The van der Waals surface area contributed by atoms with E-state index in [4.69, 9.17) is 14.0 Å². The Morgan fingerprint density at radius 2 is 1.71 bits per heavy atom. The van der Waals surface area contributed by atoms with Gasteiger partial charge < -0.3 is 19.3 Å². The number of carbonyl (C=O) groups is 1. The molecule has 1 amide bonds. The first-order chi connectivity index (χ1) is 16.1. The van der Waals surface area contributed by atoms with Crippen molar-refractivity contribution in [3.63, 3.8) is 0 Å². The maximum Gasteiger partial charge on any atom is 0.417 e. The van der Waals surface area contributed by atoms with Crippen molar-refractivity contribution < 1.29 is 32.0 Å². The van der Waals surface area contributed by atoms with Crippen LogP contribution < -0.4 is 14.8 Å². The Morgan fingerprint density at radius 1 is 1.03 bits per heavy atom. The quantitative estimate of drug-likeness (QED) is 0.396. The molecule has 4 aromatic rings. The number of ether oxygens (including phenoxy) is 2. The van der Waals surface area contributed by atoms with Gasteiger partial charge in [0, 0.05) is 17.3 Å². The number of nitrogens with one attached hydrogen (secondary N) is 1. The van der Waals surface area contributed by atoms with Crippen LogP contribution in [0.2, 0.25) is 0 Å². The number of nitrogens with zero attached hydrogens (tertiary/aromatic N) is 2. The molecule has 0 unspecified atom stereocenters. The third-order valence-corrected chi connectivity index (χ3v) is 5.35. The van der Waals surface area contributed by atoms with Crippen molar-refractivity contribution in [3.8, 4) is 22.8 Å². The predicted molar refractivity (Wildman–Crippen MR) is 119 cm³/mol. The third kappa shape index (κ3) is 4.14. The third-order valence-electron chi connectivity index (χ3n) is 5.35. The maximum atomic E-state index is 13.6. The summed E-state index contributed by atoms with van der Waals surface area (Å²) < 4.78 is 56.6. The molecule has 7 nitrogen and oxygen atoms in total. The van der Waals surface area contributed by atoms with E-state index < -0.39 is 17.6 Å². The number of hydrogen-bond acceptors (Lipinski definition) is 6. The first kappa shape index (κ1) is 23.1. The van der Waals surface area contributed by atoms with E-state index in [0.717, 1.165) is 6.07 Å². The van der Waals surface area contributed by atoms with Crippen LogP contribution in [0.5, 0.6) is 11.5 Å². The van der Waals surface area contributed by atoms with Gasteiger partial charge in [-0.25, -0.2) is 4.98 Å². The summed E-state index contributed by atoms with van der Waals surface area (Å²) in [5.74, 6) is 0.328. The number of benzene rings is 2. The number of aromatic nitrogens is 2. The fraction of sp³-hybridized carbons (Fsp3) is 0.208. The molecular weight excluding hydrogens is 451 g/mol. The number of rotatable bonds is 5. The fourth-order valence-electron chi connectivity index (χ4n) is 3.67. The number of fused-ring (bicyclic) bond motifs is 1. The molecule has 0 saturated heterocycles. The molecular formula is C24H20F3N3O4. The molecule has 10 heteroatoms. The summed E-state index contributed by atoms with van der Waals surface area (Å²) >= 11 is 0. The van der Waals surface area contributed by atoms with Crippen LogP contribution in [0.3, 0.4) is 0 Å². The topological polar surface area (TPSA) is 86.5 Å². The van der Waals surface area contributed by atoms with Crippen LogP contribution in [-0.2, 0) is 6.18 Å². The number of amides is 1. The van der Waals surface area contributed by atoms with E-state index in [1.807, 2.05) is 0 Å². The first-order valence-electron chi connectivity index (χ1n) is 10.1. The van der Waals surface area contributed by atoms with Crippen LogP contribution in [-0.4, -0.2) is 30.3 Å². The van der Waals surface area contributed by atoms with Crippen LogP contribution in [0.15, 0.2) is 47.0 Å². The molecule has 0 radical (unpaired) electrons. The van der Waals surface area contributed by atoms with E-state index in [-0.39, 0.29) is 22.5 Å². The summed E-state index contributed by atoms with van der Waals surface area (Å²) in [4.78, 5) is 17.6. The SMILES string of the molecule is COc1cc(C)c(NC(=O)c2cc(-c3ccccc3C(F)(F)F)nc3onc(C)c23)cc1OC. The maximum absolute atomic E-state index is 13.6. The second-order valence-electron chi connectivity index (χ2n) is 7.52. The Morgan fingerprint density at radius 3 is 2.38 bits per heavy atom. The van der Waals surface area contributed by atoms with Crippen LogP contribution in [0.1, 0.15) is 27.2 Å². The molecule has 1 N–H and O–H groups in total. The molecule has 0 spiro atoms. The molecule has 2 aromatic heterocycles. The van der Waals surface area contributed by atoms with Gasteiger partial charge in [-0.1, -0.05) is 23.4 Å². The zero-order valence-electron chi connectivity index (χ0n) is 18.7. The predicted octanol–water partition coefficient (Wildman–Crippen LogP) is 5.79. The molecule has 2 aromatic carbocycles. The van der Waals surface area contributed by atoms with Gasteiger partial charge >= 0.3 is 6.18 Å². The van der Waals surface area contributed by atoms with Gasteiger partial charge in [-0.15, -0.1) is 0 Å². The zero-order chi connectivity index (χ0) is 24.6. The van der Waals surface area contributed by atoms with E-state index in [9.17, 15) is 18.0 Å². The smallest absolute Gasteiger partial charge is 0.417 e. The molecule has 4 rings (SSSR count). The van der Waals surface area contributed by atoms with Crippen molar-refractivity contribution in [1.82, 2.24) is 10.1 Å². The highest BCUT2D eigenvalue weighted by atomic mass is 19.4. The minimum Gasteiger partial charge on any atom is -0.493 e. The monoisotopic (exact) mass is 471 g/mol. The van der Waals surface area contributed by atoms with Crippen molar-refractivity contribution in [2.75, 3.05) is 19.5 Å². The van der Waals surface area contributed by atoms with E-state index >= 15 is 0 Å². The molecule has 0 aliphatic carbocycles. The van der Waals surface area contributed by atoms with Crippen molar-refractivity contribution in [2.45, 2.75) is 20.0 Å². The molecule has 0 atom stereocenters. The van der Waals surface area contributed by atoms with E-state index in [1.54, 1.807) is 26.0 Å². The number of carbonyl (C=O) groups excluding carboxylic acids is 1. The fourth-order valence-corrected chi connectivity index (χ4v) is 3.67. The number of methoxy groups -OCH3 is 2. The average Bonchev–Trinajstić information content (AvgIpc) is 3.19. The Hall–Kier alpha value is -4.08. The summed E-state index contributed by atoms with van der Waals surface area (Å²) in [6, 6.07) is 9.62. The Kier molecular flexibility index (Phi) is 5.90. The van der Waals surface area contributed by atoms with E-state index in [2.05, 4.69) is 15.5 Å². The van der Waals surface area contributed by atoms with Gasteiger partial charge in [0.15, 0.2) is 11.5 Å². The summed E-state index contributed by atoms with van der Waals surface area (Å²) in [5, 5.41) is 6.94. The van der Waals surface area contributed by atoms with Gasteiger partial charge in [0.1, 0.15) is 0 Å². The molecule has 176 valence electrons. The first-order valence-corrected chi connectivity index (χ1v) is 10.1. The molecule has 0 aliphatic heterocycles. The molecule has 2 heterocycles. The number of alkyl halides is 3. The number of anilines is 1. The lowest BCUT2D eigenvalue weighted by Crippen LogP contribution is -2.14. The zero-order valence-corrected chi connectivity index (χ0v) is 18.7. The van der Waals surface area contributed by atoms with Crippen molar-refractivity contribution >= 4 is 22.7 Å². The molecule has 34 heavy (non-hydrogen) atoms. The van der Waals surface area contributed by atoms with E-state index in [0.29, 0.717) is 33.8 Å². The molecule has 0 saturated carbocycles. The highest BCUT2D eigenvalue weighted by Gasteiger charge is 2.34. The lowest BCUT2D eigenvalue weighted by Gasteiger charge is -2.15. The minimum atomic E-state index is -4.61. The van der Waals surface area contributed by atoms with Gasteiger partial charge in [-0.05, 0) is 37.6 Å². The number of pyridine rings is 1. The van der Waals surface area contributed by atoms with Gasteiger partial charge in [0.05, 0.1) is 42.1 Å². The standard InChI is InChI=1S/C24H20F3N3O4/c1-12-9-19(32-3)20(33-4)11-17(12)28-22(31)15-10-18(29-23-21(15)13(2)30-34-23)14-7-5-6-8-16(14)24(25,26)27/h5-11H,1-4H3,(H,28,31). The van der Waals surface area contributed by atoms with Gasteiger partial charge in [0.2, 0.25) is 0 Å². The second kappa shape index (κ2) is 8.69. The lowest BCUT2D eigenvalue weighted by atomic mass is 10.0. The van der Waals surface area contributed by atoms with Gasteiger partial charge in [-0.3, -0.25) is 4.79 Å². The van der Waals surface area contributed by atoms with Gasteiger partial charge in [-0.2, -0.15) is 13.2 Å². The number of hydrogen-bond donors (Lipinski definition) is 1. The average molecular weight is 471 g/mol. The van der Waals surface area contributed by atoms with Crippen LogP contribution in [0.25, 0.3) is 22.4 Å². The van der Waals surface area contributed by atoms with Gasteiger partial charge in [0.25, 0.3) is 11.6 Å².